The summed E-state index contributed by atoms with van der Waals surface area (Å²) in [5.41, 5.74) is 0. The molecule has 0 rings (SSSR count). The van der Waals surface area contributed by atoms with Crippen LogP contribution in [0.2, 0.25) is 0 Å². The lowest BCUT2D eigenvalue weighted by atomic mass is 10.0. The van der Waals surface area contributed by atoms with Crippen LogP contribution in [0.15, 0.2) is 36.5 Å². The number of carbonyl (C=O) groups is 2. The van der Waals surface area contributed by atoms with E-state index in [1.165, 1.54) is 347 Å². The Bertz CT molecular complexity index is 1380. The molecule has 0 radical (unpaired) electrons. The summed E-state index contributed by atoms with van der Waals surface area (Å²) in [6.07, 6.45) is 96.5. The van der Waals surface area contributed by atoms with Gasteiger partial charge in [0.1, 0.15) is 0 Å². The quantitative estimate of drug-likeness (QED) is 0.0320. The second-order valence-electron chi connectivity index (χ2n) is 26.7. The van der Waals surface area contributed by atoms with Crippen molar-refractivity contribution in [2.75, 3.05) is 13.2 Å². The molecular weight excluding hydrogens is 1040 g/mol. The van der Waals surface area contributed by atoms with Crippen molar-refractivity contribution in [3.63, 3.8) is 0 Å². The Hall–Kier alpha value is -1.92. The van der Waals surface area contributed by atoms with E-state index in [2.05, 4.69) is 55.6 Å². The van der Waals surface area contributed by atoms with Gasteiger partial charge >= 0.3 is 5.97 Å². The molecule has 0 aromatic rings. The topological polar surface area (TPSA) is 95.9 Å². The maximum atomic E-state index is 12.5. The van der Waals surface area contributed by atoms with Gasteiger partial charge in [0.15, 0.2) is 0 Å². The number of esters is 1. The van der Waals surface area contributed by atoms with Crippen molar-refractivity contribution in [2.45, 2.75) is 443 Å². The SMILES string of the molecule is CCCCC/C=C\C/C=C\CCCCCCCCCCCC(=O)OCCCCCCCCCCCCCC/C=C\CCCCCCCCCCCCCCCCC(=O)NC(CO)C(O)CCCCCCCCCCCCCCCCCCCCC. The van der Waals surface area contributed by atoms with Crippen LogP contribution in [0.1, 0.15) is 431 Å². The first-order valence-corrected chi connectivity index (χ1v) is 38.7. The Kier molecular flexibility index (Phi) is 72.9. The molecule has 0 heterocycles. The van der Waals surface area contributed by atoms with E-state index >= 15 is 0 Å². The lowest BCUT2D eigenvalue weighted by molar-refractivity contribution is -0.143. The summed E-state index contributed by atoms with van der Waals surface area (Å²) in [7, 11) is 0. The van der Waals surface area contributed by atoms with E-state index in [9.17, 15) is 19.8 Å². The van der Waals surface area contributed by atoms with Crippen molar-refractivity contribution >= 4 is 11.9 Å². The Morgan fingerprint density at radius 1 is 0.329 bits per heavy atom. The number of hydrogen-bond acceptors (Lipinski definition) is 5. The van der Waals surface area contributed by atoms with Gasteiger partial charge in [0.05, 0.1) is 25.4 Å². The van der Waals surface area contributed by atoms with Gasteiger partial charge in [-0.25, -0.2) is 0 Å². The van der Waals surface area contributed by atoms with Gasteiger partial charge < -0.3 is 20.3 Å². The Labute approximate surface area is 532 Å². The highest BCUT2D eigenvalue weighted by Gasteiger charge is 2.20. The van der Waals surface area contributed by atoms with Crippen LogP contribution in [0, 0.1) is 0 Å². The van der Waals surface area contributed by atoms with Crippen molar-refractivity contribution in [3.8, 4) is 0 Å². The molecule has 2 atom stereocenters. The summed E-state index contributed by atoms with van der Waals surface area (Å²) in [5, 5.41) is 23.4. The third kappa shape index (κ3) is 71.0. The highest BCUT2D eigenvalue weighted by atomic mass is 16.5. The van der Waals surface area contributed by atoms with Gasteiger partial charge in [0.25, 0.3) is 0 Å². The summed E-state index contributed by atoms with van der Waals surface area (Å²) in [6, 6.07) is -0.541. The fourth-order valence-electron chi connectivity index (χ4n) is 12.3. The van der Waals surface area contributed by atoms with E-state index in [0.717, 1.165) is 51.4 Å². The van der Waals surface area contributed by atoms with Crippen LogP contribution in [-0.2, 0) is 14.3 Å². The molecule has 0 aliphatic carbocycles. The number of aliphatic hydroxyl groups excluding tert-OH is 2. The number of ether oxygens (including phenoxy) is 1. The first-order valence-electron chi connectivity index (χ1n) is 38.7. The molecule has 85 heavy (non-hydrogen) atoms. The van der Waals surface area contributed by atoms with E-state index in [1.54, 1.807) is 0 Å². The standard InChI is InChI=1S/C79H151NO5/c1-3-5-7-9-11-13-15-17-19-21-35-39-43-47-51-55-59-63-67-71-77(82)76(75-81)80-78(83)72-68-64-60-56-52-48-44-40-37-33-31-29-27-25-23-24-26-28-30-32-34-38-42-46-50-54-58-62-66-70-74-85-79(84)73-69-65-61-57-53-49-45-41-36-22-20-18-16-14-12-10-8-6-4-2/h12,14,18,20,24,26,76-77,81-82H,3-11,13,15-17,19,21-23,25,27-75H2,1-2H3,(H,80,83)/b14-12-,20-18-,26-24-. The fourth-order valence-corrected chi connectivity index (χ4v) is 12.3. The molecule has 2 unspecified atom stereocenters. The molecule has 0 saturated carbocycles. The van der Waals surface area contributed by atoms with E-state index in [1.807, 2.05) is 0 Å². The third-order valence-corrected chi connectivity index (χ3v) is 18.2. The van der Waals surface area contributed by atoms with Gasteiger partial charge in [-0.3, -0.25) is 9.59 Å². The number of amides is 1. The third-order valence-electron chi connectivity index (χ3n) is 18.2. The Morgan fingerprint density at radius 3 is 0.929 bits per heavy atom. The van der Waals surface area contributed by atoms with Crippen molar-refractivity contribution < 1.29 is 24.5 Å². The number of carbonyl (C=O) groups excluding carboxylic acids is 2. The molecule has 6 heteroatoms. The predicted octanol–water partition coefficient (Wildman–Crippen LogP) is 25.4. The minimum Gasteiger partial charge on any atom is -0.466 e. The van der Waals surface area contributed by atoms with Crippen LogP contribution in [0.3, 0.4) is 0 Å². The number of aliphatic hydroxyl groups is 2. The first-order chi connectivity index (χ1) is 42.0. The largest absolute Gasteiger partial charge is 0.466 e. The second-order valence-corrected chi connectivity index (χ2v) is 26.7. The molecule has 3 N–H and O–H groups in total. The van der Waals surface area contributed by atoms with Crippen LogP contribution in [0.25, 0.3) is 0 Å². The van der Waals surface area contributed by atoms with Gasteiger partial charge in [-0.1, -0.05) is 371 Å². The minimum atomic E-state index is -0.664. The Balaban J connectivity index is 3.36. The van der Waals surface area contributed by atoms with Gasteiger partial charge in [0, 0.05) is 12.8 Å². The van der Waals surface area contributed by atoms with Crippen molar-refractivity contribution in [3.05, 3.63) is 36.5 Å². The predicted molar refractivity (Wildman–Crippen MR) is 375 cm³/mol. The smallest absolute Gasteiger partial charge is 0.305 e. The zero-order chi connectivity index (χ0) is 61.3. The van der Waals surface area contributed by atoms with Gasteiger partial charge in [-0.05, 0) is 83.5 Å². The van der Waals surface area contributed by atoms with E-state index in [4.69, 9.17) is 4.74 Å². The van der Waals surface area contributed by atoms with Crippen molar-refractivity contribution in [2.24, 2.45) is 0 Å². The normalized spacial score (nSPS) is 12.7. The minimum absolute atomic E-state index is 0.0141. The van der Waals surface area contributed by atoms with Crippen LogP contribution < -0.4 is 5.32 Å². The molecule has 0 aromatic carbocycles. The van der Waals surface area contributed by atoms with Crippen LogP contribution in [-0.4, -0.2) is 47.4 Å². The van der Waals surface area contributed by atoms with Gasteiger partial charge in [0.2, 0.25) is 5.91 Å². The zero-order valence-corrected chi connectivity index (χ0v) is 57.6. The molecule has 0 saturated heterocycles. The molecule has 502 valence electrons. The summed E-state index contributed by atoms with van der Waals surface area (Å²) >= 11 is 0. The van der Waals surface area contributed by atoms with E-state index < -0.39 is 12.1 Å². The van der Waals surface area contributed by atoms with Crippen LogP contribution in [0.4, 0.5) is 0 Å². The molecule has 0 fully saturated rings. The molecule has 1 amide bonds. The molecule has 0 spiro atoms. The van der Waals surface area contributed by atoms with Gasteiger partial charge in [-0.15, -0.1) is 0 Å². The summed E-state index contributed by atoms with van der Waals surface area (Å²) in [5.74, 6) is -0.0151. The first kappa shape index (κ1) is 83.1. The van der Waals surface area contributed by atoms with E-state index in [-0.39, 0.29) is 18.5 Å². The average molecular weight is 1200 g/mol. The van der Waals surface area contributed by atoms with Gasteiger partial charge in [-0.2, -0.15) is 0 Å². The molecular formula is C79H151NO5. The number of unbranched alkanes of at least 4 members (excludes halogenated alkanes) is 56. The van der Waals surface area contributed by atoms with Crippen LogP contribution in [0.5, 0.6) is 0 Å². The monoisotopic (exact) mass is 1190 g/mol. The molecule has 6 nitrogen and oxygen atoms in total. The lowest BCUT2D eigenvalue weighted by Crippen LogP contribution is -2.45. The summed E-state index contributed by atoms with van der Waals surface area (Å²) in [6.45, 7) is 4.97. The summed E-state index contributed by atoms with van der Waals surface area (Å²) in [4.78, 5) is 24.7. The molecule has 0 aliphatic heterocycles. The highest BCUT2D eigenvalue weighted by Crippen LogP contribution is 2.19. The Morgan fingerprint density at radius 2 is 0.588 bits per heavy atom. The van der Waals surface area contributed by atoms with Crippen LogP contribution >= 0.6 is 0 Å². The lowest BCUT2D eigenvalue weighted by Gasteiger charge is -2.22. The summed E-state index contributed by atoms with van der Waals surface area (Å²) < 4.78 is 5.51. The number of rotatable bonds is 73. The average Bonchev–Trinajstić information content (AvgIpc) is 3.51. The van der Waals surface area contributed by atoms with E-state index in [0.29, 0.717) is 25.9 Å². The second kappa shape index (κ2) is 74.5. The van der Waals surface area contributed by atoms with Crippen molar-refractivity contribution in [1.29, 1.82) is 0 Å². The van der Waals surface area contributed by atoms with Crippen molar-refractivity contribution in [1.82, 2.24) is 5.32 Å². The maximum Gasteiger partial charge on any atom is 0.305 e. The molecule has 0 aliphatic rings. The fraction of sp³-hybridized carbons (Fsp3) is 0.899. The highest BCUT2D eigenvalue weighted by molar-refractivity contribution is 5.76. The number of hydrogen-bond donors (Lipinski definition) is 3. The maximum absolute atomic E-state index is 12.5. The zero-order valence-electron chi connectivity index (χ0n) is 57.6. The molecule has 0 bridgehead atoms. The molecule has 0 aromatic heterocycles. The number of nitrogens with one attached hydrogen (secondary N) is 1. The number of allylic oxidation sites excluding steroid dienone is 6.